The van der Waals surface area contributed by atoms with Gasteiger partial charge < -0.3 is 18.9 Å². The standard InChI is InChI=1S/C11H15IO6/c1-6(13)16-5-10-9(17-7(2)14)4-8(12)11(15-3)18-10/h4,9-11H,5H2,1-3H3/t9-,10+,11?/m0/s1. The summed E-state index contributed by atoms with van der Waals surface area (Å²) in [6.45, 7) is 2.62. The highest BCUT2D eigenvalue weighted by Gasteiger charge is 2.33. The van der Waals surface area contributed by atoms with Gasteiger partial charge in [0.25, 0.3) is 0 Å². The summed E-state index contributed by atoms with van der Waals surface area (Å²) < 4.78 is 21.4. The smallest absolute Gasteiger partial charge is 0.303 e. The van der Waals surface area contributed by atoms with Gasteiger partial charge in [0, 0.05) is 24.5 Å². The van der Waals surface area contributed by atoms with Gasteiger partial charge >= 0.3 is 11.9 Å². The molecule has 0 spiro atoms. The fourth-order valence-electron chi connectivity index (χ4n) is 1.45. The zero-order valence-electron chi connectivity index (χ0n) is 10.3. The third-order valence-electron chi connectivity index (χ3n) is 2.18. The molecule has 1 unspecified atom stereocenters. The Bertz CT molecular complexity index is 353. The maximum absolute atomic E-state index is 11.0. The van der Waals surface area contributed by atoms with Gasteiger partial charge in [0.1, 0.15) is 12.7 Å². The Morgan fingerprint density at radius 2 is 2.06 bits per heavy atom. The summed E-state index contributed by atoms with van der Waals surface area (Å²) in [5, 5.41) is 0. The van der Waals surface area contributed by atoms with Crippen molar-refractivity contribution in [2.24, 2.45) is 0 Å². The van der Waals surface area contributed by atoms with Gasteiger partial charge in [-0.05, 0) is 28.7 Å². The summed E-state index contributed by atoms with van der Waals surface area (Å²) in [7, 11) is 1.51. The highest BCUT2D eigenvalue weighted by Crippen LogP contribution is 2.27. The molecule has 0 saturated heterocycles. The molecule has 6 nitrogen and oxygen atoms in total. The number of hydrogen-bond donors (Lipinski definition) is 0. The van der Waals surface area contributed by atoms with Gasteiger partial charge in [0.05, 0.1) is 0 Å². The largest absolute Gasteiger partial charge is 0.463 e. The lowest BCUT2D eigenvalue weighted by molar-refractivity contribution is -0.190. The Hall–Kier alpha value is -0.670. The van der Waals surface area contributed by atoms with Crippen molar-refractivity contribution >= 4 is 34.5 Å². The lowest BCUT2D eigenvalue weighted by atomic mass is 10.1. The molecule has 0 N–H and O–H groups in total. The van der Waals surface area contributed by atoms with Gasteiger partial charge in [0.2, 0.25) is 0 Å². The van der Waals surface area contributed by atoms with Crippen LogP contribution in [0.2, 0.25) is 0 Å². The highest BCUT2D eigenvalue weighted by molar-refractivity contribution is 14.1. The van der Waals surface area contributed by atoms with Gasteiger partial charge in [-0.2, -0.15) is 0 Å². The molecule has 102 valence electrons. The second-order valence-electron chi connectivity index (χ2n) is 3.67. The number of methoxy groups -OCH3 is 1. The van der Waals surface area contributed by atoms with Crippen LogP contribution in [-0.2, 0) is 28.5 Å². The maximum Gasteiger partial charge on any atom is 0.303 e. The molecule has 0 fully saturated rings. The van der Waals surface area contributed by atoms with Crippen molar-refractivity contribution < 1.29 is 28.5 Å². The van der Waals surface area contributed by atoms with Crippen molar-refractivity contribution in [2.75, 3.05) is 13.7 Å². The number of esters is 2. The fraction of sp³-hybridized carbons (Fsp3) is 0.636. The van der Waals surface area contributed by atoms with E-state index in [1.165, 1.54) is 21.0 Å². The molecule has 0 aromatic carbocycles. The minimum atomic E-state index is -0.583. The highest BCUT2D eigenvalue weighted by atomic mass is 127. The summed E-state index contributed by atoms with van der Waals surface area (Å²) in [5.41, 5.74) is 0. The SMILES string of the molecule is COC1O[C@H](COC(C)=O)[C@@H](OC(C)=O)C=C1I. The first kappa shape index (κ1) is 15.4. The molecule has 1 rings (SSSR count). The van der Waals surface area contributed by atoms with E-state index in [0.717, 1.165) is 3.58 Å². The number of hydrogen-bond acceptors (Lipinski definition) is 6. The lowest BCUT2D eigenvalue weighted by Gasteiger charge is -2.32. The number of rotatable bonds is 4. The van der Waals surface area contributed by atoms with Crippen molar-refractivity contribution in [3.63, 3.8) is 0 Å². The summed E-state index contributed by atoms with van der Waals surface area (Å²) in [4.78, 5) is 21.8. The summed E-state index contributed by atoms with van der Waals surface area (Å²) in [5.74, 6) is -0.842. The lowest BCUT2D eigenvalue weighted by Crippen LogP contribution is -2.43. The first-order chi connectivity index (χ1) is 8.43. The van der Waals surface area contributed by atoms with Crippen LogP contribution in [0.4, 0.5) is 0 Å². The van der Waals surface area contributed by atoms with Crippen LogP contribution in [0.25, 0.3) is 0 Å². The van der Waals surface area contributed by atoms with Gasteiger partial charge in [-0.25, -0.2) is 0 Å². The van der Waals surface area contributed by atoms with E-state index in [2.05, 4.69) is 0 Å². The summed E-state index contributed by atoms with van der Waals surface area (Å²) >= 11 is 2.04. The third kappa shape index (κ3) is 4.54. The minimum absolute atomic E-state index is 0.00750. The molecule has 3 atom stereocenters. The average molecular weight is 370 g/mol. The molecule has 1 heterocycles. The van der Waals surface area contributed by atoms with Crippen LogP contribution in [0.5, 0.6) is 0 Å². The van der Waals surface area contributed by atoms with Crippen molar-refractivity contribution in [3.8, 4) is 0 Å². The second kappa shape index (κ2) is 7.05. The number of carbonyl (C=O) groups is 2. The minimum Gasteiger partial charge on any atom is -0.463 e. The monoisotopic (exact) mass is 370 g/mol. The fourth-order valence-corrected chi connectivity index (χ4v) is 2.20. The van der Waals surface area contributed by atoms with Crippen molar-refractivity contribution in [1.29, 1.82) is 0 Å². The van der Waals surface area contributed by atoms with Gasteiger partial charge in [-0.15, -0.1) is 0 Å². The van der Waals surface area contributed by atoms with E-state index in [4.69, 9.17) is 18.9 Å². The quantitative estimate of drug-likeness (QED) is 0.547. The Morgan fingerprint density at radius 3 is 2.56 bits per heavy atom. The molecular weight excluding hydrogens is 355 g/mol. The van der Waals surface area contributed by atoms with Crippen molar-refractivity contribution in [1.82, 2.24) is 0 Å². The normalized spacial score (nSPS) is 27.3. The molecule has 0 radical (unpaired) electrons. The van der Waals surface area contributed by atoms with E-state index in [-0.39, 0.29) is 6.61 Å². The molecule has 0 saturated carbocycles. The van der Waals surface area contributed by atoms with Gasteiger partial charge in [0.15, 0.2) is 12.4 Å². The molecule has 7 heteroatoms. The van der Waals surface area contributed by atoms with E-state index in [9.17, 15) is 9.59 Å². The molecular formula is C11H15IO6. The summed E-state index contributed by atoms with van der Waals surface area (Å²) in [6.07, 6.45) is 0.0488. The van der Waals surface area contributed by atoms with E-state index in [1.807, 2.05) is 22.6 Å². The van der Waals surface area contributed by atoms with E-state index in [0.29, 0.717) is 0 Å². The van der Waals surface area contributed by atoms with Crippen molar-refractivity contribution in [2.45, 2.75) is 32.3 Å². The molecule has 0 amide bonds. The third-order valence-corrected chi connectivity index (χ3v) is 3.05. The molecule has 0 aromatic rings. The Morgan fingerprint density at radius 1 is 1.39 bits per heavy atom. The number of carbonyl (C=O) groups excluding carboxylic acids is 2. The summed E-state index contributed by atoms with van der Waals surface area (Å²) in [6, 6.07) is 0. The number of ether oxygens (including phenoxy) is 4. The first-order valence-corrected chi connectivity index (χ1v) is 6.38. The van der Waals surface area contributed by atoms with Gasteiger partial charge in [-0.3, -0.25) is 9.59 Å². The molecule has 1 aliphatic rings. The predicted octanol–water partition coefficient (Wildman–Crippen LogP) is 1.17. The maximum atomic E-state index is 11.0. The zero-order valence-corrected chi connectivity index (χ0v) is 12.5. The second-order valence-corrected chi connectivity index (χ2v) is 4.92. The van der Waals surface area contributed by atoms with Crippen LogP contribution in [-0.4, -0.2) is 44.2 Å². The van der Waals surface area contributed by atoms with Crippen LogP contribution in [0.3, 0.4) is 0 Å². The predicted molar refractivity (Wildman–Crippen MR) is 70.0 cm³/mol. The Kier molecular flexibility index (Phi) is 6.03. The van der Waals surface area contributed by atoms with Crippen LogP contribution in [0.15, 0.2) is 9.66 Å². The number of halogens is 1. The topological polar surface area (TPSA) is 71.1 Å². The first-order valence-electron chi connectivity index (χ1n) is 5.30. The van der Waals surface area contributed by atoms with E-state index in [1.54, 1.807) is 6.08 Å². The van der Waals surface area contributed by atoms with E-state index >= 15 is 0 Å². The molecule has 0 aliphatic carbocycles. The Labute approximate surface area is 119 Å². The van der Waals surface area contributed by atoms with Crippen LogP contribution in [0, 0.1) is 0 Å². The van der Waals surface area contributed by atoms with Crippen molar-refractivity contribution in [3.05, 3.63) is 9.66 Å². The zero-order chi connectivity index (χ0) is 13.7. The van der Waals surface area contributed by atoms with Crippen LogP contribution < -0.4 is 0 Å². The van der Waals surface area contributed by atoms with Crippen LogP contribution in [0.1, 0.15) is 13.8 Å². The van der Waals surface area contributed by atoms with Gasteiger partial charge in [-0.1, -0.05) is 0 Å². The molecule has 1 aliphatic heterocycles. The molecule has 0 aromatic heterocycles. The average Bonchev–Trinajstić information content (AvgIpc) is 2.27. The Balaban J connectivity index is 2.75. The molecule has 0 bridgehead atoms. The molecule has 18 heavy (non-hydrogen) atoms. The van der Waals surface area contributed by atoms with E-state index < -0.39 is 30.4 Å². The van der Waals surface area contributed by atoms with Crippen LogP contribution >= 0.6 is 22.6 Å².